The van der Waals surface area contributed by atoms with E-state index < -0.39 is 0 Å². The Morgan fingerprint density at radius 1 is 1.04 bits per heavy atom. The lowest BCUT2D eigenvalue weighted by Gasteiger charge is -2.12. The number of rotatable bonds is 7. The van der Waals surface area contributed by atoms with E-state index >= 15 is 0 Å². The molecule has 5 nitrogen and oxygen atoms in total. The third-order valence-corrected chi connectivity index (χ3v) is 4.62. The van der Waals surface area contributed by atoms with E-state index in [1.54, 1.807) is 0 Å². The average molecular weight is 356 g/mol. The lowest BCUT2D eigenvalue weighted by atomic mass is 10.1. The molecule has 0 atom stereocenters. The van der Waals surface area contributed by atoms with Gasteiger partial charge in [-0.25, -0.2) is 0 Å². The van der Waals surface area contributed by atoms with Crippen molar-refractivity contribution >= 4 is 5.96 Å². The highest BCUT2D eigenvalue weighted by molar-refractivity contribution is 5.79. The van der Waals surface area contributed by atoms with E-state index in [1.807, 2.05) is 11.7 Å². The number of aliphatic imine (C=N–C) groups is 1. The van der Waals surface area contributed by atoms with E-state index in [0.717, 1.165) is 44.1 Å². The van der Waals surface area contributed by atoms with E-state index in [9.17, 15) is 0 Å². The Bertz CT molecular complexity index is 738. The maximum absolute atomic E-state index is 4.72. The van der Waals surface area contributed by atoms with Crippen LogP contribution >= 0.6 is 0 Å². The third kappa shape index (κ3) is 5.61. The molecular formula is C21H33N5. The summed E-state index contributed by atoms with van der Waals surface area (Å²) in [6.45, 7) is 13.1. The van der Waals surface area contributed by atoms with Crippen LogP contribution in [-0.4, -0.2) is 35.4 Å². The molecule has 2 aromatic rings. The lowest BCUT2D eigenvalue weighted by Crippen LogP contribution is -2.38. The Hall–Kier alpha value is -2.30. The predicted octanol–water partition coefficient (Wildman–Crippen LogP) is 2.99. The summed E-state index contributed by atoms with van der Waals surface area (Å²) in [6.07, 6.45) is 1.91. The number of aromatic nitrogens is 2. The van der Waals surface area contributed by atoms with Crippen molar-refractivity contribution in [2.24, 2.45) is 12.0 Å². The van der Waals surface area contributed by atoms with Crippen molar-refractivity contribution in [1.82, 2.24) is 20.4 Å². The summed E-state index contributed by atoms with van der Waals surface area (Å²) in [6, 6.07) is 6.73. The molecule has 0 amide bonds. The molecule has 0 aliphatic rings. The van der Waals surface area contributed by atoms with Crippen molar-refractivity contribution in [2.45, 2.75) is 47.5 Å². The van der Waals surface area contributed by atoms with Gasteiger partial charge in [-0.2, -0.15) is 5.10 Å². The van der Waals surface area contributed by atoms with Crippen LogP contribution in [0.2, 0.25) is 0 Å². The van der Waals surface area contributed by atoms with E-state index in [2.05, 4.69) is 68.6 Å². The summed E-state index contributed by atoms with van der Waals surface area (Å²) in [5, 5.41) is 11.3. The Balaban J connectivity index is 1.89. The molecule has 26 heavy (non-hydrogen) atoms. The summed E-state index contributed by atoms with van der Waals surface area (Å²) in [5.74, 6) is 0.885. The van der Waals surface area contributed by atoms with E-state index in [-0.39, 0.29) is 0 Å². The van der Waals surface area contributed by atoms with E-state index in [4.69, 9.17) is 4.99 Å². The number of benzene rings is 1. The Morgan fingerprint density at radius 2 is 1.73 bits per heavy atom. The highest BCUT2D eigenvalue weighted by Gasteiger charge is 2.08. The van der Waals surface area contributed by atoms with Crippen LogP contribution in [0, 0.1) is 27.7 Å². The van der Waals surface area contributed by atoms with Crippen molar-refractivity contribution in [3.63, 3.8) is 0 Å². The topological polar surface area (TPSA) is 54.2 Å². The molecule has 0 radical (unpaired) electrons. The van der Waals surface area contributed by atoms with Crippen LogP contribution < -0.4 is 10.6 Å². The van der Waals surface area contributed by atoms with Crippen molar-refractivity contribution in [2.75, 3.05) is 19.6 Å². The normalized spacial score (nSPS) is 11.7. The van der Waals surface area contributed by atoms with Crippen LogP contribution in [-0.2, 0) is 19.9 Å². The number of hydrogen-bond donors (Lipinski definition) is 2. The van der Waals surface area contributed by atoms with Gasteiger partial charge in [0.15, 0.2) is 5.96 Å². The molecule has 0 saturated carbocycles. The summed E-state index contributed by atoms with van der Waals surface area (Å²) in [5.41, 5.74) is 7.65. The molecule has 0 saturated heterocycles. The van der Waals surface area contributed by atoms with Crippen molar-refractivity contribution in [3.8, 4) is 0 Å². The van der Waals surface area contributed by atoms with Gasteiger partial charge in [0.1, 0.15) is 0 Å². The molecule has 0 unspecified atom stereocenters. The Labute approximate surface area is 157 Å². The first kappa shape index (κ1) is 20.0. The van der Waals surface area contributed by atoms with Gasteiger partial charge in [0.2, 0.25) is 0 Å². The molecule has 1 aromatic heterocycles. The molecule has 0 spiro atoms. The Kier molecular flexibility index (Phi) is 7.25. The van der Waals surface area contributed by atoms with Crippen LogP contribution in [0.3, 0.4) is 0 Å². The third-order valence-electron chi connectivity index (χ3n) is 4.62. The monoisotopic (exact) mass is 355 g/mol. The summed E-state index contributed by atoms with van der Waals surface area (Å²) in [7, 11) is 1.99. The zero-order valence-electron chi connectivity index (χ0n) is 17.1. The Morgan fingerprint density at radius 3 is 2.31 bits per heavy atom. The van der Waals surface area contributed by atoms with Crippen LogP contribution in [0.4, 0.5) is 0 Å². The highest BCUT2D eigenvalue weighted by atomic mass is 15.3. The van der Waals surface area contributed by atoms with Gasteiger partial charge in [0, 0.05) is 32.4 Å². The summed E-state index contributed by atoms with van der Waals surface area (Å²) < 4.78 is 1.95. The van der Waals surface area contributed by atoms with Gasteiger partial charge in [0.25, 0.3) is 0 Å². The lowest BCUT2D eigenvalue weighted by molar-refractivity contribution is 0.729. The van der Waals surface area contributed by atoms with Crippen molar-refractivity contribution in [1.29, 1.82) is 0 Å². The fourth-order valence-corrected chi connectivity index (χ4v) is 3.34. The quantitative estimate of drug-likeness (QED) is 0.593. The van der Waals surface area contributed by atoms with E-state index in [0.29, 0.717) is 0 Å². The first-order chi connectivity index (χ1) is 12.4. The number of nitrogens with one attached hydrogen (secondary N) is 2. The van der Waals surface area contributed by atoms with Crippen LogP contribution in [0.5, 0.6) is 0 Å². The number of aryl methyl sites for hydroxylation is 4. The SMILES string of the molecule is CCNC(=NCCc1c(C)nn(C)c1C)NCCc1cc(C)cc(C)c1. The molecule has 5 heteroatoms. The second-order valence-electron chi connectivity index (χ2n) is 6.96. The fourth-order valence-electron chi connectivity index (χ4n) is 3.34. The van der Waals surface area contributed by atoms with Gasteiger partial charge in [-0.05, 0) is 58.6 Å². The molecule has 2 N–H and O–H groups in total. The minimum atomic E-state index is 0.756. The minimum Gasteiger partial charge on any atom is -0.357 e. The second kappa shape index (κ2) is 9.41. The number of guanidine groups is 1. The van der Waals surface area contributed by atoms with Crippen molar-refractivity contribution < 1.29 is 0 Å². The zero-order valence-corrected chi connectivity index (χ0v) is 17.1. The smallest absolute Gasteiger partial charge is 0.191 e. The fraction of sp³-hybridized carbons (Fsp3) is 0.524. The van der Waals surface area contributed by atoms with E-state index in [1.165, 1.54) is 27.9 Å². The standard InChI is InChI=1S/C21H33N5/c1-7-22-21(23-10-8-19-13-15(2)12-16(3)14-19)24-11-9-20-17(4)25-26(6)18(20)5/h12-14H,7-11H2,1-6H3,(H2,22,23,24). The average Bonchev–Trinajstić information content (AvgIpc) is 2.80. The molecule has 0 fully saturated rings. The highest BCUT2D eigenvalue weighted by Crippen LogP contribution is 2.12. The maximum atomic E-state index is 4.72. The van der Waals surface area contributed by atoms with Crippen LogP contribution in [0.25, 0.3) is 0 Å². The van der Waals surface area contributed by atoms with Gasteiger partial charge in [-0.3, -0.25) is 9.67 Å². The predicted molar refractivity (Wildman–Crippen MR) is 110 cm³/mol. The number of hydrogen-bond acceptors (Lipinski definition) is 2. The summed E-state index contributed by atoms with van der Waals surface area (Å²) >= 11 is 0. The zero-order chi connectivity index (χ0) is 19.1. The minimum absolute atomic E-state index is 0.756. The van der Waals surface area contributed by atoms with Crippen molar-refractivity contribution in [3.05, 3.63) is 51.8 Å². The van der Waals surface area contributed by atoms with Gasteiger partial charge < -0.3 is 10.6 Å². The van der Waals surface area contributed by atoms with Gasteiger partial charge in [0.05, 0.1) is 5.69 Å². The maximum Gasteiger partial charge on any atom is 0.191 e. The van der Waals surface area contributed by atoms with Gasteiger partial charge in [-0.15, -0.1) is 0 Å². The number of nitrogens with zero attached hydrogens (tertiary/aromatic N) is 3. The van der Waals surface area contributed by atoms with Gasteiger partial charge in [-0.1, -0.05) is 29.3 Å². The second-order valence-corrected chi connectivity index (χ2v) is 6.96. The molecule has 0 bridgehead atoms. The van der Waals surface area contributed by atoms with Crippen LogP contribution in [0.15, 0.2) is 23.2 Å². The first-order valence-corrected chi connectivity index (χ1v) is 9.49. The molecule has 2 rings (SSSR count). The molecule has 1 heterocycles. The summed E-state index contributed by atoms with van der Waals surface area (Å²) in [4.78, 5) is 4.72. The molecule has 0 aliphatic carbocycles. The molecule has 142 valence electrons. The largest absolute Gasteiger partial charge is 0.357 e. The van der Waals surface area contributed by atoms with Crippen LogP contribution in [0.1, 0.15) is 40.6 Å². The first-order valence-electron chi connectivity index (χ1n) is 9.49. The molecular weight excluding hydrogens is 322 g/mol. The molecule has 1 aromatic carbocycles. The van der Waals surface area contributed by atoms with Gasteiger partial charge >= 0.3 is 0 Å². The molecule has 0 aliphatic heterocycles.